The van der Waals surface area contributed by atoms with Gasteiger partial charge in [-0.15, -0.1) is 0 Å². The highest BCUT2D eigenvalue weighted by atomic mass is 16.5. The van der Waals surface area contributed by atoms with Crippen molar-refractivity contribution >= 4 is 23.5 Å². The number of ether oxygens (including phenoxy) is 3. The molecule has 0 aromatic heterocycles. The number of esters is 3. The maximum Gasteiger partial charge on any atom is 0.331 e. The van der Waals surface area contributed by atoms with Crippen molar-refractivity contribution in [3.8, 4) is 5.75 Å². The quantitative estimate of drug-likeness (QED) is 0.473. The van der Waals surface area contributed by atoms with Crippen molar-refractivity contribution in [2.45, 2.75) is 6.92 Å². The molecule has 2 rings (SSSR count). The lowest BCUT2D eigenvalue weighted by Crippen LogP contribution is -2.31. The van der Waals surface area contributed by atoms with Gasteiger partial charge < -0.3 is 14.2 Å². The Morgan fingerprint density at radius 3 is 2.10 bits per heavy atom. The highest BCUT2D eigenvalue weighted by molar-refractivity contribution is 6.23. The summed E-state index contributed by atoms with van der Waals surface area (Å²) < 4.78 is 14.4. The second-order valence-electron chi connectivity index (χ2n) is 4.44. The Kier molecular flexibility index (Phi) is 3.80. The van der Waals surface area contributed by atoms with Crippen LogP contribution in [-0.4, -0.2) is 32.1 Å². The first kappa shape index (κ1) is 14.8. The van der Waals surface area contributed by atoms with Crippen molar-refractivity contribution in [2.24, 2.45) is 5.41 Å². The van der Waals surface area contributed by atoms with Crippen LogP contribution in [0, 0.1) is 5.41 Å². The first-order chi connectivity index (χ1) is 9.97. The second-order valence-corrected chi connectivity index (χ2v) is 4.44. The normalized spacial score (nSPS) is 14.7. The van der Waals surface area contributed by atoms with E-state index in [0.717, 1.165) is 0 Å². The number of rotatable bonds is 4. The molecule has 6 heteroatoms. The standard InChI is InChI=1S/C15H14O6/c1-9(16)21-12-7-5-4-6-10(12)11-8-15(11,13(17)19-2)14(18)20-3/h4-8H,1-3H3. The molecule has 0 fully saturated rings. The van der Waals surface area contributed by atoms with Crippen molar-refractivity contribution in [2.75, 3.05) is 14.2 Å². The van der Waals surface area contributed by atoms with Crippen LogP contribution in [-0.2, 0) is 23.9 Å². The largest absolute Gasteiger partial charge is 0.468 e. The smallest absolute Gasteiger partial charge is 0.331 e. The summed E-state index contributed by atoms with van der Waals surface area (Å²) in [5.41, 5.74) is -0.679. The zero-order valence-corrected chi connectivity index (χ0v) is 11.8. The van der Waals surface area contributed by atoms with Crippen LogP contribution in [0.5, 0.6) is 5.75 Å². The van der Waals surface area contributed by atoms with Crippen LogP contribution in [0.2, 0.25) is 0 Å². The van der Waals surface area contributed by atoms with Gasteiger partial charge in [-0.1, -0.05) is 18.2 Å². The van der Waals surface area contributed by atoms with Gasteiger partial charge in [-0.2, -0.15) is 0 Å². The van der Waals surface area contributed by atoms with Crippen molar-refractivity contribution in [1.82, 2.24) is 0 Å². The van der Waals surface area contributed by atoms with Gasteiger partial charge in [0.1, 0.15) is 5.75 Å². The van der Waals surface area contributed by atoms with Crippen LogP contribution < -0.4 is 4.74 Å². The van der Waals surface area contributed by atoms with E-state index in [4.69, 9.17) is 4.74 Å². The Morgan fingerprint density at radius 2 is 1.57 bits per heavy atom. The molecule has 0 atom stereocenters. The molecular formula is C15H14O6. The molecule has 0 radical (unpaired) electrons. The molecule has 0 saturated heterocycles. The van der Waals surface area contributed by atoms with Gasteiger partial charge in [0.15, 0.2) is 0 Å². The highest BCUT2D eigenvalue weighted by Gasteiger charge is 2.61. The number of carbonyl (C=O) groups is 3. The summed E-state index contributed by atoms with van der Waals surface area (Å²) in [5, 5.41) is 0. The topological polar surface area (TPSA) is 78.9 Å². The van der Waals surface area contributed by atoms with Crippen molar-refractivity contribution < 1.29 is 28.6 Å². The molecule has 1 aliphatic rings. The van der Waals surface area contributed by atoms with Gasteiger partial charge >= 0.3 is 17.9 Å². The number of methoxy groups -OCH3 is 2. The first-order valence-electron chi connectivity index (χ1n) is 6.15. The summed E-state index contributed by atoms with van der Waals surface area (Å²) in [7, 11) is 2.38. The molecule has 0 bridgehead atoms. The molecular weight excluding hydrogens is 276 g/mol. The summed E-state index contributed by atoms with van der Waals surface area (Å²) in [6, 6.07) is 6.62. The number of para-hydroxylation sites is 1. The summed E-state index contributed by atoms with van der Waals surface area (Å²) in [6.07, 6.45) is 1.44. The van der Waals surface area contributed by atoms with Crippen LogP contribution in [0.15, 0.2) is 30.3 Å². The van der Waals surface area contributed by atoms with Crippen molar-refractivity contribution in [3.05, 3.63) is 35.9 Å². The summed E-state index contributed by atoms with van der Waals surface area (Å²) in [6.45, 7) is 1.27. The average Bonchev–Trinajstić information content (AvgIpc) is 3.22. The van der Waals surface area contributed by atoms with Gasteiger partial charge in [-0.3, -0.25) is 14.4 Å². The first-order valence-corrected chi connectivity index (χ1v) is 6.15. The fourth-order valence-corrected chi connectivity index (χ4v) is 2.15. The average molecular weight is 290 g/mol. The minimum absolute atomic E-state index is 0.269. The molecule has 6 nitrogen and oxygen atoms in total. The van der Waals surface area contributed by atoms with Gasteiger partial charge in [0.05, 0.1) is 14.2 Å². The number of benzene rings is 1. The van der Waals surface area contributed by atoms with Crippen LogP contribution >= 0.6 is 0 Å². The van der Waals surface area contributed by atoms with E-state index in [9.17, 15) is 14.4 Å². The van der Waals surface area contributed by atoms with E-state index in [1.807, 2.05) is 0 Å². The molecule has 0 amide bonds. The predicted molar refractivity (Wildman–Crippen MR) is 72.2 cm³/mol. The molecule has 0 unspecified atom stereocenters. The van der Waals surface area contributed by atoms with Crippen LogP contribution in [0.1, 0.15) is 12.5 Å². The van der Waals surface area contributed by atoms with E-state index in [2.05, 4.69) is 9.47 Å². The zero-order valence-electron chi connectivity index (χ0n) is 11.8. The SMILES string of the molecule is COC(=O)C1(C(=O)OC)C=C1c1ccccc1OC(C)=O. The predicted octanol–water partition coefficient (Wildman–Crippen LogP) is 1.34. The van der Waals surface area contributed by atoms with Gasteiger partial charge in [0, 0.05) is 12.5 Å². The van der Waals surface area contributed by atoms with E-state index in [0.29, 0.717) is 11.1 Å². The fourth-order valence-electron chi connectivity index (χ4n) is 2.15. The molecule has 1 aromatic rings. The van der Waals surface area contributed by atoms with Gasteiger partial charge in [0.25, 0.3) is 0 Å². The highest BCUT2D eigenvalue weighted by Crippen LogP contribution is 2.54. The molecule has 0 aliphatic heterocycles. The number of carbonyl (C=O) groups excluding carboxylic acids is 3. The Morgan fingerprint density at radius 1 is 1.00 bits per heavy atom. The Balaban J connectivity index is 2.40. The van der Waals surface area contributed by atoms with Gasteiger partial charge in [-0.25, -0.2) is 0 Å². The number of hydrogen-bond acceptors (Lipinski definition) is 6. The molecule has 0 N–H and O–H groups in total. The molecule has 110 valence electrons. The lowest BCUT2D eigenvalue weighted by atomic mass is 9.96. The fraction of sp³-hybridized carbons (Fsp3) is 0.267. The Hall–Kier alpha value is -2.63. The third-order valence-electron chi connectivity index (χ3n) is 3.15. The molecule has 21 heavy (non-hydrogen) atoms. The molecule has 1 aliphatic carbocycles. The summed E-state index contributed by atoms with van der Waals surface area (Å²) >= 11 is 0. The lowest BCUT2D eigenvalue weighted by Gasteiger charge is -2.15. The van der Waals surface area contributed by atoms with E-state index < -0.39 is 23.3 Å². The van der Waals surface area contributed by atoms with Crippen molar-refractivity contribution in [1.29, 1.82) is 0 Å². The molecule has 0 saturated carbocycles. The molecule has 0 spiro atoms. The van der Waals surface area contributed by atoms with E-state index in [-0.39, 0.29) is 5.75 Å². The minimum atomic E-state index is -1.56. The van der Waals surface area contributed by atoms with E-state index in [1.165, 1.54) is 27.2 Å². The number of hydrogen-bond donors (Lipinski definition) is 0. The van der Waals surface area contributed by atoms with Crippen molar-refractivity contribution in [3.63, 3.8) is 0 Å². The maximum absolute atomic E-state index is 11.9. The lowest BCUT2D eigenvalue weighted by molar-refractivity contribution is -0.158. The Labute approximate surface area is 121 Å². The second kappa shape index (κ2) is 5.40. The Bertz CT molecular complexity index is 627. The molecule has 1 aromatic carbocycles. The zero-order chi connectivity index (χ0) is 15.6. The summed E-state index contributed by atoms with van der Waals surface area (Å²) in [5.74, 6) is -1.69. The van der Waals surface area contributed by atoms with Crippen LogP contribution in [0.3, 0.4) is 0 Å². The van der Waals surface area contributed by atoms with Gasteiger partial charge in [0.2, 0.25) is 5.41 Å². The van der Waals surface area contributed by atoms with Crippen LogP contribution in [0.4, 0.5) is 0 Å². The molecule has 0 heterocycles. The van der Waals surface area contributed by atoms with E-state index >= 15 is 0 Å². The van der Waals surface area contributed by atoms with E-state index in [1.54, 1.807) is 24.3 Å². The van der Waals surface area contributed by atoms with Gasteiger partial charge in [-0.05, 0) is 17.7 Å². The summed E-state index contributed by atoms with van der Waals surface area (Å²) in [4.78, 5) is 35.0. The third kappa shape index (κ3) is 2.40. The van der Waals surface area contributed by atoms with Crippen LogP contribution in [0.25, 0.3) is 5.57 Å². The monoisotopic (exact) mass is 290 g/mol. The third-order valence-corrected chi connectivity index (χ3v) is 3.15. The maximum atomic E-state index is 11.9. The minimum Gasteiger partial charge on any atom is -0.468 e.